The van der Waals surface area contributed by atoms with Gasteiger partial charge in [-0.25, -0.2) is 0 Å². The van der Waals surface area contributed by atoms with Crippen LogP contribution in [0, 0.1) is 0 Å². The van der Waals surface area contributed by atoms with Gasteiger partial charge in [0.1, 0.15) is 5.69 Å². The van der Waals surface area contributed by atoms with Gasteiger partial charge >= 0.3 is 0 Å². The van der Waals surface area contributed by atoms with Crippen molar-refractivity contribution < 1.29 is 4.79 Å². The monoisotopic (exact) mass is 222 g/mol. The minimum atomic E-state index is 0.0425. The average molecular weight is 222 g/mol. The SMILES string of the molecule is CC(C)n1ccc(C(=O)N2CCNCC2)n1. The fraction of sp³-hybridized carbons (Fsp3) is 0.636. The van der Waals surface area contributed by atoms with Gasteiger partial charge in [0.05, 0.1) is 0 Å². The van der Waals surface area contributed by atoms with Crippen molar-refractivity contribution in [3.8, 4) is 0 Å². The number of carbonyl (C=O) groups excluding carboxylic acids is 1. The van der Waals surface area contributed by atoms with Crippen molar-refractivity contribution in [2.24, 2.45) is 0 Å². The molecule has 0 aliphatic carbocycles. The molecule has 0 atom stereocenters. The van der Waals surface area contributed by atoms with Crippen LogP contribution in [0.15, 0.2) is 12.3 Å². The van der Waals surface area contributed by atoms with E-state index in [1.54, 1.807) is 6.07 Å². The number of hydrogen-bond donors (Lipinski definition) is 1. The highest BCUT2D eigenvalue weighted by Crippen LogP contribution is 2.07. The lowest BCUT2D eigenvalue weighted by molar-refractivity contribution is 0.0728. The normalized spacial score (nSPS) is 16.8. The van der Waals surface area contributed by atoms with E-state index in [0.29, 0.717) is 11.7 Å². The first-order chi connectivity index (χ1) is 7.68. The molecule has 16 heavy (non-hydrogen) atoms. The van der Waals surface area contributed by atoms with E-state index in [2.05, 4.69) is 10.4 Å². The van der Waals surface area contributed by atoms with E-state index >= 15 is 0 Å². The fourth-order valence-electron chi connectivity index (χ4n) is 1.77. The third-order valence-corrected chi connectivity index (χ3v) is 2.76. The fourth-order valence-corrected chi connectivity index (χ4v) is 1.77. The molecule has 1 saturated heterocycles. The Labute approximate surface area is 95.4 Å². The Morgan fingerprint density at radius 2 is 2.12 bits per heavy atom. The van der Waals surface area contributed by atoms with Gasteiger partial charge in [0, 0.05) is 38.4 Å². The molecule has 5 nitrogen and oxygen atoms in total. The summed E-state index contributed by atoms with van der Waals surface area (Å²) in [5.41, 5.74) is 0.551. The number of amides is 1. The smallest absolute Gasteiger partial charge is 0.274 e. The molecule has 1 N–H and O–H groups in total. The van der Waals surface area contributed by atoms with E-state index in [9.17, 15) is 4.79 Å². The quantitative estimate of drug-likeness (QED) is 0.793. The van der Waals surface area contributed by atoms with Crippen LogP contribution in [0.25, 0.3) is 0 Å². The van der Waals surface area contributed by atoms with Crippen molar-refractivity contribution in [1.29, 1.82) is 0 Å². The van der Waals surface area contributed by atoms with Crippen LogP contribution in [0.3, 0.4) is 0 Å². The lowest BCUT2D eigenvalue weighted by Crippen LogP contribution is -2.46. The van der Waals surface area contributed by atoms with Crippen LogP contribution < -0.4 is 5.32 Å². The number of piperazine rings is 1. The Hall–Kier alpha value is -1.36. The molecular formula is C11H18N4O. The minimum absolute atomic E-state index is 0.0425. The topological polar surface area (TPSA) is 50.2 Å². The summed E-state index contributed by atoms with van der Waals surface area (Å²) in [6.07, 6.45) is 1.86. The van der Waals surface area contributed by atoms with Gasteiger partial charge in [-0.3, -0.25) is 9.48 Å². The second-order valence-electron chi connectivity index (χ2n) is 4.32. The number of carbonyl (C=O) groups is 1. The predicted octanol–water partition coefficient (Wildman–Crippen LogP) is 0.509. The second kappa shape index (κ2) is 4.65. The summed E-state index contributed by atoms with van der Waals surface area (Å²) in [6.45, 7) is 7.38. The summed E-state index contributed by atoms with van der Waals surface area (Å²) in [4.78, 5) is 13.9. The van der Waals surface area contributed by atoms with Gasteiger partial charge in [-0.1, -0.05) is 0 Å². The second-order valence-corrected chi connectivity index (χ2v) is 4.32. The maximum atomic E-state index is 12.1. The molecule has 0 unspecified atom stereocenters. The molecule has 5 heteroatoms. The van der Waals surface area contributed by atoms with Crippen LogP contribution >= 0.6 is 0 Å². The van der Waals surface area contributed by atoms with Crippen molar-refractivity contribution in [2.45, 2.75) is 19.9 Å². The Morgan fingerprint density at radius 3 is 2.69 bits per heavy atom. The molecule has 2 rings (SSSR count). The van der Waals surface area contributed by atoms with Crippen molar-refractivity contribution in [1.82, 2.24) is 20.0 Å². The summed E-state index contributed by atoms with van der Waals surface area (Å²) < 4.78 is 1.81. The minimum Gasteiger partial charge on any atom is -0.335 e. The third kappa shape index (κ3) is 2.24. The number of hydrogen-bond acceptors (Lipinski definition) is 3. The highest BCUT2D eigenvalue weighted by Gasteiger charge is 2.20. The molecule has 1 aromatic rings. The van der Waals surface area contributed by atoms with Gasteiger partial charge in [-0.2, -0.15) is 5.10 Å². The summed E-state index contributed by atoms with van der Waals surface area (Å²) in [7, 11) is 0. The van der Waals surface area contributed by atoms with Gasteiger partial charge in [-0.05, 0) is 19.9 Å². The van der Waals surface area contributed by atoms with Crippen molar-refractivity contribution in [3.63, 3.8) is 0 Å². The Morgan fingerprint density at radius 1 is 1.44 bits per heavy atom. The molecule has 1 aromatic heterocycles. The number of nitrogens with one attached hydrogen (secondary N) is 1. The standard InChI is InChI=1S/C11H18N4O/c1-9(2)15-6-3-10(13-15)11(16)14-7-4-12-5-8-14/h3,6,9,12H,4-5,7-8H2,1-2H3. The van der Waals surface area contributed by atoms with Gasteiger partial charge in [0.25, 0.3) is 5.91 Å². The summed E-state index contributed by atoms with van der Waals surface area (Å²) in [5, 5.41) is 7.51. The predicted molar refractivity (Wildman–Crippen MR) is 61.4 cm³/mol. The number of nitrogens with zero attached hydrogens (tertiary/aromatic N) is 3. The molecule has 1 amide bonds. The summed E-state index contributed by atoms with van der Waals surface area (Å²) >= 11 is 0. The zero-order valence-electron chi connectivity index (χ0n) is 9.81. The molecule has 0 radical (unpaired) electrons. The first-order valence-electron chi connectivity index (χ1n) is 5.73. The lowest BCUT2D eigenvalue weighted by Gasteiger charge is -2.26. The van der Waals surface area contributed by atoms with E-state index in [4.69, 9.17) is 0 Å². The summed E-state index contributed by atoms with van der Waals surface area (Å²) in [5.74, 6) is 0.0425. The zero-order chi connectivity index (χ0) is 11.5. The maximum absolute atomic E-state index is 12.1. The van der Waals surface area contributed by atoms with Crippen LogP contribution in [0.5, 0.6) is 0 Å². The van der Waals surface area contributed by atoms with Crippen molar-refractivity contribution in [3.05, 3.63) is 18.0 Å². The molecular weight excluding hydrogens is 204 g/mol. The van der Waals surface area contributed by atoms with E-state index < -0.39 is 0 Å². The van der Waals surface area contributed by atoms with E-state index in [1.165, 1.54) is 0 Å². The van der Waals surface area contributed by atoms with Gasteiger partial charge in [0.2, 0.25) is 0 Å². The Kier molecular flexibility index (Phi) is 3.24. The largest absolute Gasteiger partial charge is 0.335 e. The zero-order valence-corrected chi connectivity index (χ0v) is 9.81. The molecule has 1 aliphatic rings. The van der Waals surface area contributed by atoms with E-state index in [0.717, 1.165) is 26.2 Å². The van der Waals surface area contributed by atoms with Gasteiger partial charge < -0.3 is 10.2 Å². The van der Waals surface area contributed by atoms with E-state index in [-0.39, 0.29) is 5.91 Å². The number of aromatic nitrogens is 2. The molecule has 1 fully saturated rings. The van der Waals surface area contributed by atoms with Crippen molar-refractivity contribution in [2.75, 3.05) is 26.2 Å². The highest BCUT2D eigenvalue weighted by atomic mass is 16.2. The molecule has 1 aliphatic heterocycles. The van der Waals surface area contributed by atoms with E-state index in [1.807, 2.05) is 29.6 Å². The maximum Gasteiger partial charge on any atom is 0.274 e. The highest BCUT2D eigenvalue weighted by molar-refractivity contribution is 5.92. The van der Waals surface area contributed by atoms with Crippen LogP contribution in [0.2, 0.25) is 0 Å². The first kappa shape index (κ1) is 11.1. The Bertz CT molecular complexity index is 366. The molecule has 0 saturated carbocycles. The van der Waals surface area contributed by atoms with Gasteiger partial charge in [-0.15, -0.1) is 0 Å². The van der Waals surface area contributed by atoms with Crippen LogP contribution in [-0.2, 0) is 0 Å². The molecule has 0 spiro atoms. The molecule has 0 aromatic carbocycles. The molecule has 0 bridgehead atoms. The van der Waals surface area contributed by atoms with Crippen LogP contribution in [0.1, 0.15) is 30.4 Å². The van der Waals surface area contributed by atoms with Crippen molar-refractivity contribution >= 4 is 5.91 Å². The molecule has 88 valence electrons. The first-order valence-corrected chi connectivity index (χ1v) is 5.73. The Balaban J connectivity index is 2.07. The van der Waals surface area contributed by atoms with Crippen LogP contribution in [-0.4, -0.2) is 46.8 Å². The summed E-state index contributed by atoms with van der Waals surface area (Å²) in [6, 6.07) is 2.09. The average Bonchev–Trinajstić information content (AvgIpc) is 2.78. The van der Waals surface area contributed by atoms with Gasteiger partial charge in [0.15, 0.2) is 0 Å². The van der Waals surface area contributed by atoms with Crippen LogP contribution in [0.4, 0.5) is 0 Å². The number of rotatable bonds is 2. The molecule has 2 heterocycles. The lowest BCUT2D eigenvalue weighted by atomic mass is 10.3. The third-order valence-electron chi connectivity index (χ3n) is 2.76.